The van der Waals surface area contributed by atoms with E-state index in [1.54, 1.807) is 28.4 Å². The van der Waals surface area contributed by atoms with Gasteiger partial charge in [0.05, 0.1) is 34.1 Å². The van der Waals surface area contributed by atoms with Crippen LogP contribution in [0.15, 0.2) is 60.7 Å². The van der Waals surface area contributed by atoms with Crippen LogP contribution in [0.25, 0.3) is 16.3 Å². The molecule has 178 valence electrons. The standard InChI is InChI=1S/C25H26N3O4S.ClH/c1-16-11-13-20(29-2)19(15-16)26-25-27-28(17-9-7-6-8-10-17)24(33-25)18-12-14-21(30-3)23(32-5)22(18)31-4;/h6-15H,1-5H3,(H,26,27);1H/q+1;/p-1. The lowest BCUT2D eigenvalue weighted by Gasteiger charge is -2.13. The first-order valence-corrected chi connectivity index (χ1v) is 11.1. The Bertz CT molecular complexity index is 1260. The lowest BCUT2D eigenvalue weighted by molar-refractivity contribution is -0.642. The van der Waals surface area contributed by atoms with Gasteiger partial charge in [-0.25, -0.2) is 0 Å². The van der Waals surface area contributed by atoms with Gasteiger partial charge in [0.25, 0.3) is 5.13 Å². The van der Waals surface area contributed by atoms with Crippen molar-refractivity contribution in [1.82, 2.24) is 5.10 Å². The minimum atomic E-state index is 0. The normalized spacial score (nSPS) is 10.3. The topological polar surface area (TPSA) is 65.7 Å². The molecule has 0 atom stereocenters. The highest BCUT2D eigenvalue weighted by Crippen LogP contribution is 2.45. The zero-order chi connectivity index (χ0) is 23.4. The number of methoxy groups -OCH3 is 4. The van der Waals surface area contributed by atoms with Gasteiger partial charge in [0.2, 0.25) is 11.4 Å². The molecule has 0 unspecified atom stereocenters. The highest BCUT2D eigenvalue weighted by Gasteiger charge is 2.30. The molecule has 34 heavy (non-hydrogen) atoms. The van der Waals surface area contributed by atoms with Gasteiger partial charge in [-0.2, -0.15) is 0 Å². The molecule has 0 aliphatic carbocycles. The number of para-hydroxylation sites is 1. The zero-order valence-electron chi connectivity index (χ0n) is 19.6. The van der Waals surface area contributed by atoms with E-state index in [0.29, 0.717) is 22.4 Å². The lowest BCUT2D eigenvalue weighted by atomic mass is 10.1. The van der Waals surface area contributed by atoms with E-state index in [1.165, 1.54) is 11.3 Å². The molecule has 1 N–H and O–H groups in total. The van der Waals surface area contributed by atoms with E-state index in [-0.39, 0.29) is 12.4 Å². The molecule has 4 rings (SSSR count). The van der Waals surface area contributed by atoms with Crippen LogP contribution in [0.5, 0.6) is 23.0 Å². The zero-order valence-corrected chi connectivity index (χ0v) is 21.2. The number of hydrogen-bond donors (Lipinski definition) is 1. The maximum atomic E-state index is 5.76. The molecule has 3 aromatic carbocycles. The van der Waals surface area contributed by atoms with Gasteiger partial charge in [-0.15, -0.1) is 0 Å². The third-order valence-electron chi connectivity index (χ3n) is 5.11. The summed E-state index contributed by atoms with van der Waals surface area (Å²) >= 11 is 1.50. The van der Waals surface area contributed by atoms with Gasteiger partial charge in [0.15, 0.2) is 11.5 Å². The summed E-state index contributed by atoms with van der Waals surface area (Å²) in [5.41, 5.74) is 3.72. The second-order valence-electron chi connectivity index (χ2n) is 7.17. The van der Waals surface area contributed by atoms with Gasteiger partial charge < -0.3 is 36.7 Å². The molecule has 1 aromatic heterocycles. The minimum Gasteiger partial charge on any atom is -1.00 e. The van der Waals surface area contributed by atoms with Crippen LogP contribution < -0.4 is 41.4 Å². The first-order valence-electron chi connectivity index (χ1n) is 10.3. The quantitative estimate of drug-likeness (QED) is 0.375. The summed E-state index contributed by atoms with van der Waals surface area (Å²) in [6.45, 7) is 2.04. The van der Waals surface area contributed by atoms with Crippen molar-refractivity contribution in [3.63, 3.8) is 0 Å². The van der Waals surface area contributed by atoms with Crippen LogP contribution in [0.1, 0.15) is 5.56 Å². The van der Waals surface area contributed by atoms with E-state index in [4.69, 9.17) is 24.0 Å². The van der Waals surface area contributed by atoms with Gasteiger partial charge in [0.1, 0.15) is 11.3 Å². The summed E-state index contributed by atoms with van der Waals surface area (Å²) in [4.78, 5) is 0. The van der Waals surface area contributed by atoms with Crippen LogP contribution in [0.2, 0.25) is 0 Å². The number of aromatic nitrogens is 2. The van der Waals surface area contributed by atoms with Crippen LogP contribution in [-0.4, -0.2) is 33.5 Å². The second kappa shape index (κ2) is 11.1. The fourth-order valence-electron chi connectivity index (χ4n) is 3.56. The van der Waals surface area contributed by atoms with E-state index in [2.05, 4.69) is 5.32 Å². The van der Waals surface area contributed by atoms with Gasteiger partial charge in [-0.3, -0.25) is 0 Å². The number of rotatable bonds is 8. The van der Waals surface area contributed by atoms with E-state index in [1.807, 2.05) is 72.3 Å². The van der Waals surface area contributed by atoms with Gasteiger partial charge >= 0.3 is 5.01 Å². The first kappa shape index (κ1) is 25.1. The number of hydrogen-bond acceptors (Lipinski definition) is 7. The van der Waals surface area contributed by atoms with Crippen LogP contribution >= 0.6 is 11.3 Å². The number of nitrogens with one attached hydrogen (secondary N) is 1. The number of nitrogens with zero attached hydrogens (tertiary/aromatic N) is 2. The van der Waals surface area contributed by atoms with Gasteiger partial charge in [0, 0.05) is 17.2 Å². The van der Waals surface area contributed by atoms with Crippen molar-refractivity contribution in [1.29, 1.82) is 0 Å². The van der Waals surface area contributed by atoms with Crippen molar-refractivity contribution in [3.05, 3.63) is 66.2 Å². The summed E-state index contributed by atoms with van der Waals surface area (Å²) in [6.07, 6.45) is 0. The Labute approximate surface area is 209 Å². The Morgan fingerprint density at radius 2 is 1.47 bits per heavy atom. The predicted molar refractivity (Wildman–Crippen MR) is 130 cm³/mol. The maximum absolute atomic E-state index is 5.76. The molecule has 0 aliphatic rings. The molecule has 0 spiro atoms. The van der Waals surface area contributed by atoms with Crippen LogP contribution in [0.4, 0.5) is 10.8 Å². The third-order valence-corrected chi connectivity index (χ3v) is 6.07. The Hall–Kier alpha value is -3.49. The molecule has 1 heterocycles. The van der Waals surface area contributed by atoms with E-state index >= 15 is 0 Å². The molecule has 7 nitrogen and oxygen atoms in total. The Morgan fingerprint density at radius 1 is 0.794 bits per heavy atom. The predicted octanol–water partition coefficient (Wildman–Crippen LogP) is 2.18. The number of halogens is 1. The average molecular weight is 500 g/mol. The molecule has 0 saturated heterocycles. The van der Waals surface area contributed by atoms with Crippen molar-refractivity contribution in [2.45, 2.75) is 6.92 Å². The molecule has 0 fully saturated rings. The van der Waals surface area contributed by atoms with Crippen molar-refractivity contribution in [2.75, 3.05) is 33.8 Å². The number of ether oxygens (including phenoxy) is 4. The second-order valence-corrected chi connectivity index (χ2v) is 8.15. The van der Waals surface area contributed by atoms with E-state index in [9.17, 15) is 0 Å². The Balaban J connectivity index is 0.00000324. The molecule has 0 radical (unpaired) electrons. The Kier molecular flexibility index (Phi) is 8.20. The summed E-state index contributed by atoms with van der Waals surface area (Å²) in [6, 6.07) is 19.7. The summed E-state index contributed by atoms with van der Waals surface area (Å²) in [5.74, 6) is 2.44. The average Bonchev–Trinajstić information content (AvgIpc) is 3.27. The first-order chi connectivity index (χ1) is 16.1. The summed E-state index contributed by atoms with van der Waals surface area (Å²) in [5, 5.41) is 9.86. The molecular weight excluding hydrogens is 474 g/mol. The van der Waals surface area contributed by atoms with Gasteiger partial charge in [-0.05, 0) is 52.8 Å². The smallest absolute Gasteiger partial charge is 0.308 e. The van der Waals surface area contributed by atoms with Crippen LogP contribution in [0.3, 0.4) is 0 Å². The molecule has 0 amide bonds. The van der Waals surface area contributed by atoms with Crippen molar-refractivity contribution in [2.24, 2.45) is 0 Å². The van der Waals surface area contributed by atoms with Crippen molar-refractivity contribution < 1.29 is 36.0 Å². The number of aryl methyl sites for hydroxylation is 1. The fourth-order valence-corrected chi connectivity index (χ4v) is 4.53. The number of benzene rings is 3. The molecule has 4 aromatic rings. The van der Waals surface area contributed by atoms with Crippen LogP contribution in [-0.2, 0) is 0 Å². The molecule has 9 heteroatoms. The fraction of sp³-hybridized carbons (Fsp3) is 0.200. The molecule has 0 bridgehead atoms. The largest absolute Gasteiger partial charge is 1.00 e. The summed E-state index contributed by atoms with van der Waals surface area (Å²) in [7, 11) is 6.47. The maximum Gasteiger partial charge on any atom is 0.308 e. The lowest BCUT2D eigenvalue weighted by Crippen LogP contribution is -3.00. The molecule has 0 saturated carbocycles. The highest BCUT2D eigenvalue weighted by molar-refractivity contribution is 7.18. The minimum absolute atomic E-state index is 0. The van der Waals surface area contributed by atoms with Crippen LogP contribution in [0, 0.1) is 6.92 Å². The number of anilines is 2. The van der Waals surface area contributed by atoms with Crippen molar-refractivity contribution in [3.8, 4) is 39.3 Å². The monoisotopic (exact) mass is 499 g/mol. The highest BCUT2D eigenvalue weighted by atomic mass is 35.5. The summed E-state index contributed by atoms with van der Waals surface area (Å²) < 4.78 is 24.2. The van der Waals surface area contributed by atoms with E-state index in [0.717, 1.165) is 33.3 Å². The molecule has 0 aliphatic heterocycles. The van der Waals surface area contributed by atoms with Gasteiger partial charge in [-0.1, -0.05) is 24.3 Å². The SMILES string of the molecule is COc1ccc(C)cc1Nc1n[n+](-c2ccccc2)c(-c2ccc(OC)c(OC)c2OC)s1.[Cl-]. The third kappa shape index (κ3) is 4.88. The van der Waals surface area contributed by atoms with Crippen molar-refractivity contribution >= 4 is 22.2 Å². The Morgan fingerprint density at radius 3 is 2.12 bits per heavy atom. The van der Waals surface area contributed by atoms with E-state index < -0.39 is 0 Å². The molecular formula is C25H26ClN3O4S.